The van der Waals surface area contributed by atoms with Gasteiger partial charge in [-0.15, -0.1) is 11.8 Å². The maximum atomic E-state index is 12.3. The lowest BCUT2D eigenvalue weighted by molar-refractivity contribution is -0.119. The summed E-state index contributed by atoms with van der Waals surface area (Å²) < 4.78 is 5.37. The summed E-state index contributed by atoms with van der Waals surface area (Å²) in [5, 5.41) is 11.4. The van der Waals surface area contributed by atoms with Crippen LogP contribution in [0.25, 0.3) is 11.3 Å². The molecule has 2 amide bonds. The summed E-state index contributed by atoms with van der Waals surface area (Å²) in [6, 6.07) is 6.09. The van der Waals surface area contributed by atoms with Crippen molar-refractivity contribution in [3.05, 3.63) is 29.3 Å². The van der Waals surface area contributed by atoms with Crippen LogP contribution >= 0.6 is 11.8 Å². The van der Waals surface area contributed by atoms with Crippen molar-refractivity contribution in [1.29, 1.82) is 0 Å². The first-order valence-electron chi connectivity index (χ1n) is 9.04. The molecule has 2 N–H and O–H groups in total. The highest BCUT2D eigenvalue weighted by molar-refractivity contribution is 7.98. The Kier molecular flexibility index (Phi) is 4.82. The molecular weight excluding hydrogens is 364 g/mol. The van der Waals surface area contributed by atoms with E-state index in [1.807, 2.05) is 12.3 Å². The number of aryl methyl sites for hydroxylation is 1. The fourth-order valence-electron chi connectivity index (χ4n) is 3.72. The molecule has 2 aromatic rings. The molecule has 7 nitrogen and oxygen atoms in total. The van der Waals surface area contributed by atoms with E-state index in [4.69, 9.17) is 4.74 Å². The Bertz CT molecular complexity index is 895. The number of cyclic esters (lactones) is 1. The van der Waals surface area contributed by atoms with Gasteiger partial charge in [0, 0.05) is 23.7 Å². The van der Waals surface area contributed by atoms with E-state index < -0.39 is 0 Å². The van der Waals surface area contributed by atoms with E-state index in [1.165, 1.54) is 18.1 Å². The standard InChI is InChI=1S/C19H22N4O3S/c1-11(24)20-9-14-10-23(19(25)26-14)13-6-7-15-12(8-13)4-3-5-16-17(15)21-22-18(16)27-2/h6-8,14H,3-5,9-10H2,1-2H3,(H,20,24)(H,21,22)/t14-/m0/s1. The third kappa shape index (κ3) is 3.41. The fourth-order valence-corrected chi connectivity index (χ4v) is 4.31. The van der Waals surface area contributed by atoms with E-state index in [1.54, 1.807) is 16.7 Å². The number of ether oxygens (including phenoxy) is 1. The van der Waals surface area contributed by atoms with Gasteiger partial charge in [-0.25, -0.2) is 4.79 Å². The zero-order valence-corrected chi connectivity index (χ0v) is 16.2. The third-order valence-corrected chi connectivity index (χ3v) is 5.74. The molecule has 1 atom stereocenters. The number of hydrogen-bond acceptors (Lipinski definition) is 5. The molecule has 0 unspecified atom stereocenters. The van der Waals surface area contributed by atoms with Gasteiger partial charge < -0.3 is 10.1 Å². The molecule has 1 aromatic heterocycles. The molecule has 1 aliphatic heterocycles. The average Bonchev–Trinajstić information content (AvgIpc) is 3.18. The molecule has 1 saturated heterocycles. The van der Waals surface area contributed by atoms with Gasteiger partial charge >= 0.3 is 6.09 Å². The Labute approximate surface area is 161 Å². The molecule has 0 bridgehead atoms. The monoisotopic (exact) mass is 386 g/mol. The van der Waals surface area contributed by atoms with E-state index in [0.717, 1.165) is 41.2 Å². The molecule has 8 heteroatoms. The Hall–Kier alpha value is -2.48. The number of benzene rings is 1. The Morgan fingerprint density at radius 3 is 3.07 bits per heavy atom. The topological polar surface area (TPSA) is 87.3 Å². The highest BCUT2D eigenvalue weighted by Crippen LogP contribution is 2.37. The predicted molar refractivity (Wildman–Crippen MR) is 104 cm³/mol. The smallest absolute Gasteiger partial charge is 0.414 e. The number of hydrogen-bond donors (Lipinski definition) is 2. The lowest BCUT2D eigenvalue weighted by atomic mass is 10.0. The number of thioether (sulfide) groups is 1. The van der Waals surface area contributed by atoms with Gasteiger partial charge in [-0.05, 0) is 43.2 Å². The molecule has 0 saturated carbocycles. The number of nitrogens with zero attached hydrogens (tertiary/aromatic N) is 2. The van der Waals surface area contributed by atoms with Gasteiger partial charge in [0.2, 0.25) is 5.91 Å². The molecule has 27 heavy (non-hydrogen) atoms. The van der Waals surface area contributed by atoms with Crippen LogP contribution in [0.5, 0.6) is 0 Å². The number of carbonyl (C=O) groups excluding carboxylic acids is 2. The van der Waals surface area contributed by atoms with Crippen molar-refractivity contribution >= 4 is 29.4 Å². The summed E-state index contributed by atoms with van der Waals surface area (Å²) in [7, 11) is 0. The second-order valence-corrected chi connectivity index (χ2v) is 7.63. The van der Waals surface area contributed by atoms with Gasteiger partial charge in [0.15, 0.2) is 0 Å². The van der Waals surface area contributed by atoms with Crippen LogP contribution in [-0.4, -0.2) is 47.6 Å². The van der Waals surface area contributed by atoms with Crippen LogP contribution in [0, 0.1) is 0 Å². The lowest BCUT2D eigenvalue weighted by Crippen LogP contribution is -2.33. The van der Waals surface area contributed by atoms with Gasteiger partial charge in [0.05, 0.1) is 18.8 Å². The maximum Gasteiger partial charge on any atom is 0.414 e. The first kappa shape index (κ1) is 17.9. The molecule has 0 spiro atoms. The molecule has 0 radical (unpaired) electrons. The van der Waals surface area contributed by atoms with E-state index in [2.05, 4.69) is 27.6 Å². The molecule has 1 aromatic carbocycles. The van der Waals surface area contributed by atoms with Crippen molar-refractivity contribution in [1.82, 2.24) is 15.5 Å². The van der Waals surface area contributed by atoms with Crippen molar-refractivity contribution in [2.45, 2.75) is 37.3 Å². The molecule has 1 aliphatic carbocycles. The summed E-state index contributed by atoms with van der Waals surface area (Å²) in [6.45, 7) is 2.22. The molecular formula is C19H22N4O3S. The van der Waals surface area contributed by atoms with Crippen LogP contribution in [0.1, 0.15) is 24.5 Å². The summed E-state index contributed by atoms with van der Waals surface area (Å²) in [5.74, 6) is -0.130. The van der Waals surface area contributed by atoms with Crippen molar-refractivity contribution < 1.29 is 14.3 Å². The third-order valence-electron chi connectivity index (χ3n) is 5.02. The van der Waals surface area contributed by atoms with E-state index in [9.17, 15) is 9.59 Å². The second-order valence-electron chi connectivity index (χ2n) is 6.83. The number of aromatic nitrogens is 2. The number of aromatic amines is 1. The first-order chi connectivity index (χ1) is 13.1. The van der Waals surface area contributed by atoms with Crippen LogP contribution in [0.4, 0.5) is 10.5 Å². The quantitative estimate of drug-likeness (QED) is 0.789. The van der Waals surface area contributed by atoms with E-state index >= 15 is 0 Å². The van der Waals surface area contributed by atoms with Gasteiger partial charge in [-0.2, -0.15) is 5.10 Å². The van der Waals surface area contributed by atoms with Crippen LogP contribution in [0.2, 0.25) is 0 Å². The molecule has 142 valence electrons. The SMILES string of the molecule is CSc1n[nH]c2c1CCCc1cc(N3C[C@H](CNC(C)=O)OC3=O)ccc1-2. The summed E-state index contributed by atoms with van der Waals surface area (Å²) in [5.41, 5.74) is 5.56. The van der Waals surface area contributed by atoms with Crippen molar-refractivity contribution in [2.24, 2.45) is 0 Å². The zero-order valence-electron chi connectivity index (χ0n) is 15.4. The number of nitrogens with one attached hydrogen (secondary N) is 2. The Morgan fingerprint density at radius 1 is 1.44 bits per heavy atom. The van der Waals surface area contributed by atoms with Crippen LogP contribution in [0.15, 0.2) is 23.2 Å². The fraction of sp³-hybridized carbons (Fsp3) is 0.421. The Balaban J connectivity index is 1.59. The minimum absolute atomic E-state index is 0.130. The minimum Gasteiger partial charge on any atom is -0.442 e. The zero-order chi connectivity index (χ0) is 19.0. The second kappa shape index (κ2) is 7.26. The Morgan fingerprint density at radius 2 is 2.30 bits per heavy atom. The van der Waals surface area contributed by atoms with Crippen molar-refractivity contribution in [2.75, 3.05) is 24.2 Å². The van der Waals surface area contributed by atoms with Crippen molar-refractivity contribution in [3.8, 4) is 11.3 Å². The molecule has 2 aliphatic rings. The van der Waals surface area contributed by atoms with E-state index in [0.29, 0.717) is 13.1 Å². The summed E-state index contributed by atoms with van der Waals surface area (Å²) >= 11 is 1.66. The molecule has 4 rings (SSSR count). The van der Waals surface area contributed by atoms with Crippen LogP contribution in [0.3, 0.4) is 0 Å². The van der Waals surface area contributed by atoms with Crippen LogP contribution < -0.4 is 10.2 Å². The van der Waals surface area contributed by atoms with Gasteiger partial charge in [0.25, 0.3) is 0 Å². The van der Waals surface area contributed by atoms with Gasteiger partial charge in [0.1, 0.15) is 11.1 Å². The summed E-state index contributed by atoms with van der Waals surface area (Å²) in [6.07, 6.45) is 4.34. The van der Waals surface area contributed by atoms with E-state index in [-0.39, 0.29) is 18.1 Å². The largest absolute Gasteiger partial charge is 0.442 e. The summed E-state index contributed by atoms with van der Waals surface area (Å²) in [4.78, 5) is 25.0. The maximum absolute atomic E-state index is 12.3. The lowest BCUT2D eigenvalue weighted by Gasteiger charge is -2.16. The minimum atomic E-state index is -0.370. The highest BCUT2D eigenvalue weighted by atomic mass is 32.2. The number of amides is 2. The predicted octanol–water partition coefficient (Wildman–Crippen LogP) is 2.75. The molecule has 2 heterocycles. The number of H-pyrrole nitrogens is 1. The van der Waals surface area contributed by atoms with Crippen LogP contribution in [-0.2, 0) is 22.4 Å². The number of rotatable bonds is 4. The van der Waals surface area contributed by atoms with Gasteiger partial charge in [-0.3, -0.25) is 14.8 Å². The number of anilines is 1. The van der Waals surface area contributed by atoms with Crippen molar-refractivity contribution in [3.63, 3.8) is 0 Å². The average molecular weight is 386 g/mol. The normalized spacial score (nSPS) is 18.5. The highest BCUT2D eigenvalue weighted by Gasteiger charge is 2.33. The number of carbonyl (C=O) groups is 2. The molecule has 1 fully saturated rings. The van der Waals surface area contributed by atoms with Gasteiger partial charge in [-0.1, -0.05) is 6.07 Å². The number of fused-ring (bicyclic) bond motifs is 3. The first-order valence-corrected chi connectivity index (χ1v) is 10.3.